The standard InChI is InChI=1S/C16H20FNO3/c1-4-21-16(20)14(17)12-8-18(9-12)15(19)13-7-5-6-10(2)11(13)3/h5-7,12,14H,4,8-9H2,1-3H3/t14-/m0/s1. The minimum absolute atomic E-state index is 0.108. The van der Waals surface area contributed by atoms with E-state index in [1.165, 1.54) is 0 Å². The van der Waals surface area contributed by atoms with Crippen molar-refractivity contribution in [1.29, 1.82) is 0 Å². The fourth-order valence-corrected chi connectivity index (χ4v) is 2.43. The van der Waals surface area contributed by atoms with Crippen LogP contribution < -0.4 is 0 Å². The summed E-state index contributed by atoms with van der Waals surface area (Å²) in [6.07, 6.45) is -1.65. The lowest BCUT2D eigenvalue weighted by molar-refractivity contribution is -0.153. The molecular formula is C16H20FNO3. The molecular weight excluding hydrogens is 273 g/mol. The lowest BCUT2D eigenvalue weighted by Crippen LogP contribution is -2.55. The Hall–Kier alpha value is -1.91. The molecule has 1 atom stereocenters. The number of alkyl halides is 1. The Morgan fingerprint density at radius 2 is 2.05 bits per heavy atom. The minimum atomic E-state index is -1.65. The quantitative estimate of drug-likeness (QED) is 0.800. The second-order valence-corrected chi connectivity index (χ2v) is 5.37. The van der Waals surface area contributed by atoms with Gasteiger partial charge in [0.15, 0.2) is 0 Å². The summed E-state index contributed by atoms with van der Waals surface area (Å²) >= 11 is 0. The zero-order valence-corrected chi connectivity index (χ0v) is 12.6. The molecule has 0 aromatic heterocycles. The first-order valence-corrected chi connectivity index (χ1v) is 7.11. The molecule has 0 spiro atoms. The van der Waals surface area contributed by atoms with Crippen molar-refractivity contribution in [2.75, 3.05) is 19.7 Å². The Morgan fingerprint density at radius 3 is 2.67 bits per heavy atom. The van der Waals surface area contributed by atoms with Crippen LogP contribution in [0.25, 0.3) is 0 Å². The van der Waals surface area contributed by atoms with Crippen molar-refractivity contribution in [3.63, 3.8) is 0 Å². The molecule has 2 rings (SSSR count). The fourth-order valence-electron chi connectivity index (χ4n) is 2.43. The molecule has 0 bridgehead atoms. The number of nitrogens with zero attached hydrogens (tertiary/aromatic N) is 1. The fraction of sp³-hybridized carbons (Fsp3) is 0.500. The van der Waals surface area contributed by atoms with Crippen molar-refractivity contribution < 1.29 is 18.7 Å². The number of halogens is 1. The van der Waals surface area contributed by atoms with E-state index in [0.29, 0.717) is 5.56 Å². The molecule has 0 aliphatic carbocycles. The molecule has 1 aliphatic rings. The average Bonchev–Trinajstić information content (AvgIpc) is 2.40. The SMILES string of the molecule is CCOC(=O)[C@@H](F)C1CN(C(=O)c2cccc(C)c2C)C1. The van der Waals surface area contributed by atoms with Crippen molar-refractivity contribution in [3.8, 4) is 0 Å². The molecule has 1 amide bonds. The summed E-state index contributed by atoms with van der Waals surface area (Å²) in [5, 5.41) is 0. The number of carbonyl (C=O) groups is 2. The first-order chi connectivity index (χ1) is 9.95. The maximum Gasteiger partial charge on any atom is 0.341 e. The van der Waals surface area contributed by atoms with Crippen LogP contribution in [0.15, 0.2) is 18.2 Å². The third kappa shape index (κ3) is 3.06. The maximum absolute atomic E-state index is 13.8. The van der Waals surface area contributed by atoms with Gasteiger partial charge in [0.25, 0.3) is 5.91 Å². The lowest BCUT2D eigenvalue weighted by atomic mass is 9.92. The minimum Gasteiger partial charge on any atom is -0.464 e. The summed E-state index contributed by atoms with van der Waals surface area (Å²) < 4.78 is 18.5. The highest BCUT2D eigenvalue weighted by Gasteiger charge is 2.41. The molecule has 4 nitrogen and oxygen atoms in total. The van der Waals surface area contributed by atoms with E-state index in [-0.39, 0.29) is 25.6 Å². The Morgan fingerprint density at radius 1 is 1.38 bits per heavy atom. The molecule has 0 radical (unpaired) electrons. The van der Waals surface area contributed by atoms with Crippen molar-refractivity contribution in [2.45, 2.75) is 26.9 Å². The molecule has 1 aliphatic heterocycles. The number of amides is 1. The number of rotatable bonds is 4. The Kier molecular flexibility index (Phi) is 4.60. The van der Waals surface area contributed by atoms with Gasteiger partial charge in [-0.3, -0.25) is 4.79 Å². The van der Waals surface area contributed by atoms with E-state index < -0.39 is 18.1 Å². The van der Waals surface area contributed by atoms with Crippen LogP contribution in [0, 0.1) is 19.8 Å². The van der Waals surface area contributed by atoms with Crippen molar-refractivity contribution in [3.05, 3.63) is 34.9 Å². The molecule has 1 fully saturated rings. The van der Waals surface area contributed by atoms with Gasteiger partial charge in [0.2, 0.25) is 6.17 Å². The summed E-state index contributed by atoms with van der Waals surface area (Å²) in [6.45, 7) is 6.16. The van der Waals surface area contributed by atoms with Crippen LogP contribution in [0.5, 0.6) is 0 Å². The maximum atomic E-state index is 13.8. The predicted molar refractivity (Wildman–Crippen MR) is 76.8 cm³/mol. The van der Waals surface area contributed by atoms with Gasteiger partial charge in [-0.2, -0.15) is 0 Å². The molecule has 1 heterocycles. The summed E-state index contributed by atoms with van der Waals surface area (Å²) in [7, 11) is 0. The summed E-state index contributed by atoms with van der Waals surface area (Å²) in [4.78, 5) is 25.2. The first-order valence-electron chi connectivity index (χ1n) is 7.11. The number of esters is 1. The average molecular weight is 293 g/mol. The van der Waals surface area contributed by atoms with Crippen molar-refractivity contribution >= 4 is 11.9 Å². The summed E-state index contributed by atoms with van der Waals surface area (Å²) in [5.74, 6) is -1.40. The number of ether oxygens (including phenoxy) is 1. The van der Waals surface area contributed by atoms with Crippen LogP contribution >= 0.6 is 0 Å². The largest absolute Gasteiger partial charge is 0.464 e. The molecule has 114 valence electrons. The van der Waals surface area contributed by atoms with E-state index in [9.17, 15) is 14.0 Å². The van der Waals surface area contributed by atoms with Gasteiger partial charge in [-0.25, -0.2) is 9.18 Å². The van der Waals surface area contributed by atoms with Gasteiger partial charge in [0.05, 0.1) is 6.61 Å². The predicted octanol–water partition coefficient (Wildman–Crippen LogP) is 2.28. The third-order valence-corrected chi connectivity index (χ3v) is 3.96. The number of hydrogen-bond donors (Lipinski definition) is 0. The van der Waals surface area contributed by atoms with Crippen LogP contribution in [-0.4, -0.2) is 42.6 Å². The number of likely N-dealkylation sites (tertiary alicyclic amines) is 1. The molecule has 0 saturated carbocycles. The molecule has 1 aromatic rings. The van der Waals surface area contributed by atoms with E-state index in [1.807, 2.05) is 26.0 Å². The van der Waals surface area contributed by atoms with E-state index in [4.69, 9.17) is 0 Å². The normalized spacial score (nSPS) is 16.3. The number of carbonyl (C=O) groups excluding carboxylic acids is 2. The molecule has 5 heteroatoms. The third-order valence-electron chi connectivity index (χ3n) is 3.96. The van der Waals surface area contributed by atoms with Crippen LogP contribution in [0.2, 0.25) is 0 Å². The van der Waals surface area contributed by atoms with Crippen molar-refractivity contribution in [2.24, 2.45) is 5.92 Å². The molecule has 21 heavy (non-hydrogen) atoms. The first kappa shape index (κ1) is 15.5. The number of hydrogen-bond acceptors (Lipinski definition) is 3. The van der Waals surface area contributed by atoms with Crippen LogP contribution in [0.1, 0.15) is 28.4 Å². The van der Waals surface area contributed by atoms with Gasteiger partial charge < -0.3 is 9.64 Å². The van der Waals surface area contributed by atoms with Gasteiger partial charge in [-0.15, -0.1) is 0 Å². The zero-order chi connectivity index (χ0) is 15.6. The second-order valence-electron chi connectivity index (χ2n) is 5.37. The molecule has 1 saturated heterocycles. The highest BCUT2D eigenvalue weighted by atomic mass is 19.1. The number of aryl methyl sites for hydroxylation is 1. The van der Waals surface area contributed by atoms with Gasteiger partial charge in [-0.05, 0) is 38.0 Å². The van der Waals surface area contributed by atoms with Gasteiger partial charge in [0, 0.05) is 24.6 Å². The van der Waals surface area contributed by atoms with E-state index in [2.05, 4.69) is 4.74 Å². The highest BCUT2D eigenvalue weighted by Crippen LogP contribution is 2.25. The Bertz CT molecular complexity index is 552. The lowest BCUT2D eigenvalue weighted by Gasteiger charge is -2.40. The van der Waals surface area contributed by atoms with Gasteiger partial charge >= 0.3 is 5.97 Å². The molecule has 1 aromatic carbocycles. The Balaban J connectivity index is 1.97. The summed E-state index contributed by atoms with van der Waals surface area (Å²) in [5.41, 5.74) is 2.63. The van der Waals surface area contributed by atoms with E-state index in [1.54, 1.807) is 17.9 Å². The molecule has 0 unspecified atom stereocenters. The second kappa shape index (κ2) is 6.24. The van der Waals surface area contributed by atoms with Crippen LogP contribution in [-0.2, 0) is 9.53 Å². The van der Waals surface area contributed by atoms with E-state index in [0.717, 1.165) is 11.1 Å². The Labute approximate surface area is 123 Å². The smallest absolute Gasteiger partial charge is 0.341 e. The molecule has 0 N–H and O–H groups in total. The highest BCUT2D eigenvalue weighted by molar-refractivity contribution is 5.96. The monoisotopic (exact) mass is 293 g/mol. The zero-order valence-electron chi connectivity index (χ0n) is 12.6. The number of benzene rings is 1. The summed E-state index contributed by atoms with van der Waals surface area (Å²) in [6, 6.07) is 5.56. The van der Waals surface area contributed by atoms with Crippen molar-refractivity contribution in [1.82, 2.24) is 4.90 Å². The van der Waals surface area contributed by atoms with Gasteiger partial charge in [-0.1, -0.05) is 12.1 Å². The van der Waals surface area contributed by atoms with E-state index >= 15 is 0 Å². The van der Waals surface area contributed by atoms with Gasteiger partial charge in [0.1, 0.15) is 0 Å². The van der Waals surface area contributed by atoms with Crippen LogP contribution in [0.4, 0.5) is 4.39 Å². The topological polar surface area (TPSA) is 46.6 Å². The van der Waals surface area contributed by atoms with Crippen LogP contribution in [0.3, 0.4) is 0 Å².